The molecule has 4 aromatic carbocycles. The smallest absolute Gasteiger partial charge is 0.229 e. The van der Waals surface area contributed by atoms with Crippen LogP contribution in [0.15, 0.2) is 124 Å². The van der Waals surface area contributed by atoms with Crippen molar-refractivity contribution in [2.24, 2.45) is 0 Å². The van der Waals surface area contributed by atoms with E-state index in [1.807, 2.05) is 42.7 Å². The average Bonchev–Trinajstić information content (AvgIpc) is 3.52. The summed E-state index contributed by atoms with van der Waals surface area (Å²) in [5.74, 6) is 0. The minimum absolute atomic E-state index is 0.614. The van der Waals surface area contributed by atoms with E-state index < -0.39 is 0 Å². The zero-order valence-electron chi connectivity index (χ0n) is 19.6. The van der Waals surface area contributed by atoms with Crippen LogP contribution in [0.3, 0.4) is 0 Å². The normalized spacial score (nSPS) is 11.8. The summed E-state index contributed by atoms with van der Waals surface area (Å²) >= 11 is 0. The Labute approximate surface area is 211 Å². The van der Waals surface area contributed by atoms with E-state index in [1.165, 1.54) is 10.8 Å². The molecule has 174 valence electrons. The number of pyridine rings is 2. The number of para-hydroxylation sites is 1. The van der Waals surface area contributed by atoms with E-state index in [-0.39, 0.29) is 0 Å². The number of nitrogens with zero attached hydrogens (tertiary/aromatic N) is 3. The SMILES string of the molecule is c1ccc2cc(N(c3ccc4oc5ccncc5c4c3)c3ccnc4oc5ccccc5c34)ccc2c1. The predicted molar refractivity (Wildman–Crippen MR) is 149 cm³/mol. The highest BCUT2D eigenvalue weighted by Gasteiger charge is 2.21. The first-order chi connectivity index (χ1) is 18.3. The summed E-state index contributed by atoms with van der Waals surface area (Å²) in [4.78, 5) is 11.2. The van der Waals surface area contributed by atoms with Gasteiger partial charge in [0.2, 0.25) is 5.71 Å². The van der Waals surface area contributed by atoms with Gasteiger partial charge in [-0.05, 0) is 59.3 Å². The van der Waals surface area contributed by atoms with Crippen LogP contribution in [0.5, 0.6) is 0 Å². The van der Waals surface area contributed by atoms with Gasteiger partial charge in [-0.25, -0.2) is 4.98 Å². The van der Waals surface area contributed by atoms with Crippen LogP contribution in [0.2, 0.25) is 0 Å². The number of fused-ring (bicyclic) bond motifs is 7. The van der Waals surface area contributed by atoms with Crippen molar-refractivity contribution in [2.75, 3.05) is 4.90 Å². The van der Waals surface area contributed by atoms with Gasteiger partial charge in [0.15, 0.2) is 0 Å². The van der Waals surface area contributed by atoms with Gasteiger partial charge in [-0.3, -0.25) is 4.98 Å². The molecule has 0 saturated heterocycles. The number of aromatic nitrogens is 2. The van der Waals surface area contributed by atoms with Gasteiger partial charge in [0.25, 0.3) is 0 Å². The fourth-order valence-corrected chi connectivity index (χ4v) is 5.31. The Balaban J connectivity index is 1.45. The van der Waals surface area contributed by atoms with Crippen molar-refractivity contribution in [3.63, 3.8) is 0 Å². The standard InChI is InChI=1S/C32H19N3O2/c1-2-6-21-17-22(10-9-20(21)5-1)35(23-11-12-29-25(18-23)26-19-33-15-14-30(26)36-29)27-13-16-34-32-31(27)24-7-3-4-8-28(24)37-32/h1-19H. The van der Waals surface area contributed by atoms with Crippen LogP contribution in [-0.4, -0.2) is 9.97 Å². The fraction of sp³-hybridized carbons (Fsp3) is 0. The van der Waals surface area contributed by atoms with Gasteiger partial charge in [-0.1, -0.05) is 48.5 Å². The molecule has 37 heavy (non-hydrogen) atoms. The molecule has 0 aliphatic carbocycles. The van der Waals surface area contributed by atoms with E-state index in [2.05, 4.69) is 81.6 Å². The summed E-state index contributed by atoms with van der Waals surface area (Å²) in [6.45, 7) is 0. The highest BCUT2D eigenvalue weighted by molar-refractivity contribution is 6.13. The predicted octanol–water partition coefficient (Wildman–Crippen LogP) is 8.90. The average molecular weight is 478 g/mol. The molecule has 0 unspecified atom stereocenters. The third-order valence-electron chi connectivity index (χ3n) is 7.00. The largest absolute Gasteiger partial charge is 0.456 e. The van der Waals surface area contributed by atoms with Crippen LogP contribution in [0, 0.1) is 0 Å². The molecule has 0 amide bonds. The molecule has 5 heteroatoms. The van der Waals surface area contributed by atoms with Crippen LogP contribution in [0.4, 0.5) is 17.1 Å². The van der Waals surface area contributed by atoms with Crippen LogP contribution < -0.4 is 4.90 Å². The molecule has 4 aromatic heterocycles. The van der Waals surface area contributed by atoms with E-state index in [9.17, 15) is 0 Å². The fourth-order valence-electron chi connectivity index (χ4n) is 5.31. The Morgan fingerprint density at radius 2 is 1.35 bits per heavy atom. The molecule has 5 nitrogen and oxygen atoms in total. The molecule has 0 bridgehead atoms. The van der Waals surface area contributed by atoms with E-state index in [4.69, 9.17) is 8.83 Å². The highest BCUT2D eigenvalue weighted by atomic mass is 16.3. The Hall–Kier alpha value is -5.16. The van der Waals surface area contributed by atoms with Gasteiger partial charge in [-0.15, -0.1) is 0 Å². The second-order valence-corrected chi connectivity index (χ2v) is 9.13. The Morgan fingerprint density at radius 3 is 2.32 bits per heavy atom. The molecule has 0 aliphatic rings. The lowest BCUT2D eigenvalue weighted by molar-refractivity contribution is 0.654. The Kier molecular flexibility index (Phi) is 4.16. The van der Waals surface area contributed by atoms with Crippen molar-refractivity contribution in [2.45, 2.75) is 0 Å². The second-order valence-electron chi connectivity index (χ2n) is 9.13. The maximum Gasteiger partial charge on any atom is 0.229 e. The van der Waals surface area contributed by atoms with Gasteiger partial charge in [0, 0.05) is 46.1 Å². The van der Waals surface area contributed by atoms with Gasteiger partial charge in [-0.2, -0.15) is 0 Å². The van der Waals surface area contributed by atoms with Crippen molar-refractivity contribution >= 4 is 71.8 Å². The van der Waals surface area contributed by atoms with Gasteiger partial charge in [0.1, 0.15) is 16.7 Å². The first kappa shape index (κ1) is 20.1. The third-order valence-corrected chi connectivity index (χ3v) is 7.00. The van der Waals surface area contributed by atoms with Gasteiger partial charge in [0.05, 0.1) is 11.1 Å². The summed E-state index contributed by atoms with van der Waals surface area (Å²) in [5.41, 5.74) is 6.14. The number of benzene rings is 4. The maximum atomic E-state index is 6.14. The number of hydrogen-bond acceptors (Lipinski definition) is 5. The van der Waals surface area contributed by atoms with Gasteiger partial charge < -0.3 is 13.7 Å². The number of anilines is 3. The van der Waals surface area contributed by atoms with E-state index >= 15 is 0 Å². The van der Waals surface area contributed by atoms with Crippen molar-refractivity contribution in [1.82, 2.24) is 9.97 Å². The van der Waals surface area contributed by atoms with Crippen LogP contribution in [0.1, 0.15) is 0 Å². The first-order valence-electron chi connectivity index (χ1n) is 12.1. The summed E-state index contributed by atoms with van der Waals surface area (Å²) in [6.07, 6.45) is 5.42. The highest BCUT2D eigenvalue weighted by Crippen LogP contribution is 2.44. The van der Waals surface area contributed by atoms with Crippen molar-refractivity contribution in [1.29, 1.82) is 0 Å². The number of hydrogen-bond donors (Lipinski definition) is 0. The van der Waals surface area contributed by atoms with Crippen molar-refractivity contribution < 1.29 is 8.83 Å². The molecule has 8 aromatic rings. The molecule has 0 spiro atoms. The van der Waals surface area contributed by atoms with E-state index in [0.717, 1.165) is 55.4 Å². The summed E-state index contributed by atoms with van der Waals surface area (Å²) in [5, 5.41) is 6.39. The van der Waals surface area contributed by atoms with E-state index in [1.54, 1.807) is 6.20 Å². The number of rotatable bonds is 3. The lowest BCUT2D eigenvalue weighted by Crippen LogP contribution is -2.10. The molecule has 0 atom stereocenters. The summed E-state index contributed by atoms with van der Waals surface area (Å²) < 4.78 is 12.2. The first-order valence-corrected chi connectivity index (χ1v) is 12.1. The molecule has 4 heterocycles. The minimum Gasteiger partial charge on any atom is -0.456 e. The molecule has 0 N–H and O–H groups in total. The van der Waals surface area contributed by atoms with Crippen LogP contribution >= 0.6 is 0 Å². The molecule has 0 radical (unpaired) electrons. The van der Waals surface area contributed by atoms with Crippen LogP contribution in [-0.2, 0) is 0 Å². The Bertz CT molecular complexity index is 2120. The molecule has 0 aliphatic heterocycles. The lowest BCUT2D eigenvalue weighted by atomic mass is 10.1. The quantitative estimate of drug-likeness (QED) is 0.254. The topological polar surface area (TPSA) is 55.3 Å². The van der Waals surface area contributed by atoms with Crippen LogP contribution in [0.25, 0.3) is 54.8 Å². The molecular weight excluding hydrogens is 458 g/mol. The molecule has 0 saturated carbocycles. The number of furan rings is 2. The zero-order valence-corrected chi connectivity index (χ0v) is 19.6. The molecular formula is C32H19N3O2. The monoisotopic (exact) mass is 477 g/mol. The Morgan fingerprint density at radius 1 is 0.568 bits per heavy atom. The maximum absolute atomic E-state index is 6.14. The zero-order chi connectivity index (χ0) is 24.3. The van der Waals surface area contributed by atoms with E-state index in [0.29, 0.717) is 5.71 Å². The summed E-state index contributed by atoms with van der Waals surface area (Å²) in [7, 11) is 0. The van der Waals surface area contributed by atoms with Crippen molar-refractivity contribution in [3.8, 4) is 0 Å². The van der Waals surface area contributed by atoms with Crippen molar-refractivity contribution in [3.05, 3.63) is 116 Å². The summed E-state index contributed by atoms with van der Waals surface area (Å²) in [6, 6.07) is 33.3. The molecule has 0 fully saturated rings. The third kappa shape index (κ3) is 3.04. The van der Waals surface area contributed by atoms with Gasteiger partial charge >= 0.3 is 0 Å². The second kappa shape index (κ2) is 7.67. The minimum atomic E-state index is 0.614. The molecule has 8 rings (SSSR count). The lowest BCUT2D eigenvalue weighted by Gasteiger charge is -2.26.